The molecule has 0 spiro atoms. The Morgan fingerprint density at radius 2 is 1.65 bits per heavy atom. The molecule has 0 rings (SSSR count). The summed E-state index contributed by atoms with van der Waals surface area (Å²) in [7, 11) is -5.68. The molecule has 0 saturated heterocycles. The third-order valence-corrected chi connectivity index (χ3v) is 5.86. The van der Waals surface area contributed by atoms with Crippen molar-refractivity contribution >= 4 is 27.1 Å². The van der Waals surface area contributed by atoms with Crippen molar-refractivity contribution in [2.24, 2.45) is 11.3 Å². The van der Waals surface area contributed by atoms with Gasteiger partial charge < -0.3 is 0 Å². The van der Waals surface area contributed by atoms with E-state index in [1.165, 1.54) is 0 Å². The van der Waals surface area contributed by atoms with E-state index in [9.17, 15) is 26.4 Å². The van der Waals surface area contributed by atoms with E-state index in [4.69, 9.17) is 0 Å². The molecule has 0 aromatic rings. The fourth-order valence-electron chi connectivity index (χ4n) is 1.07. The maximum Gasteiger partial charge on any atom is 0.527 e. The summed E-state index contributed by atoms with van der Waals surface area (Å²) >= 11 is -1.62. The SMILES string of the molecule is CC(C)C(=O)C[S+](CC(C)(C)C)OS(=O)(=O)C(F)(F)F. The molecule has 20 heavy (non-hydrogen) atoms. The highest BCUT2D eigenvalue weighted by molar-refractivity contribution is 8.03. The zero-order valence-electron chi connectivity index (χ0n) is 12.1. The van der Waals surface area contributed by atoms with E-state index in [1.807, 2.05) is 0 Å². The summed E-state index contributed by atoms with van der Waals surface area (Å²) in [6.07, 6.45) is 0. The molecule has 0 aromatic heterocycles. The van der Waals surface area contributed by atoms with Crippen LogP contribution in [-0.2, 0) is 29.7 Å². The molecule has 1 atom stereocenters. The van der Waals surface area contributed by atoms with E-state index in [0.717, 1.165) is 0 Å². The molecule has 0 heterocycles. The third-order valence-electron chi connectivity index (χ3n) is 2.01. The minimum absolute atomic E-state index is 0.0563. The van der Waals surface area contributed by atoms with E-state index >= 15 is 0 Å². The summed E-state index contributed by atoms with van der Waals surface area (Å²) in [6.45, 7) is 8.39. The molecule has 0 aromatic carbocycles. The second kappa shape index (κ2) is 6.65. The first-order valence-electron chi connectivity index (χ1n) is 5.87. The van der Waals surface area contributed by atoms with E-state index in [0.29, 0.717) is 0 Å². The van der Waals surface area contributed by atoms with Gasteiger partial charge in [0, 0.05) is 11.3 Å². The quantitative estimate of drug-likeness (QED) is 0.552. The predicted octanol–water partition coefficient (Wildman–Crippen LogP) is 2.66. The van der Waals surface area contributed by atoms with Gasteiger partial charge in [0.1, 0.15) is 5.75 Å². The number of ketones is 1. The largest absolute Gasteiger partial charge is 0.527 e. The number of halogens is 3. The van der Waals surface area contributed by atoms with Crippen LogP contribution >= 0.6 is 0 Å². The van der Waals surface area contributed by atoms with E-state index in [1.54, 1.807) is 34.6 Å². The van der Waals surface area contributed by atoms with Gasteiger partial charge in [-0.15, -0.1) is 0 Å². The van der Waals surface area contributed by atoms with Crippen LogP contribution in [0, 0.1) is 11.3 Å². The van der Waals surface area contributed by atoms with Gasteiger partial charge in [-0.05, 0) is 3.63 Å². The maximum absolute atomic E-state index is 12.3. The van der Waals surface area contributed by atoms with Crippen LogP contribution in [0.1, 0.15) is 34.6 Å². The molecule has 0 amide bonds. The second-order valence-electron chi connectivity index (χ2n) is 5.88. The van der Waals surface area contributed by atoms with Crippen LogP contribution in [0.3, 0.4) is 0 Å². The molecule has 0 N–H and O–H groups in total. The first kappa shape index (κ1) is 19.7. The highest BCUT2D eigenvalue weighted by atomic mass is 32.3. The van der Waals surface area contributed by atoms with Crippen LogP contribution in [0.15, 0.2) is 0 Å². The Morgan fingerprint density at radius 3 is 1.95 bits per heavy atom. The lowest BCUT2D eigenvalue weighted by Gasteiger charge is -2.17. The van der Waals surface area contributed by atoms with Crippen LogP contribution in [0.5, 0.6) is 0 Å². The zero-order valence-corrected chi connectivity index (χ0v) is 13.7. The molecular formula is C11H20F3O4S2+. The van der Waals surface area contributed by atoms with Crippen molar-refractivity contribution in [3.63, 3.8) is 0 Å². The molecule has 0 aliphatic carbocycles. The summed E-state index contributed by atoms with van der Waals surface area (Å²) < 4.78 is 63.3. The minimum atomic E-state index is -5.68. The third kappa shape index (κ3) is 6.94. The Labute approximate surface area is 120 Å². The number of hydrogen-bond acceptors (Lipinski definition) is 4. The number of carbonyl (C=O) groups excluding carboxylic acids is 1. The Morgan fingerprint density at radius 1 is 1.20 bits per heavy atom. The lowest BCUT2D eigenvalue weighted by molar-refractivity contribution is -0.119. The topological polar surface area (TPSA) is 60.4 Å². The molecule has 0 radical (unpaired) electrons. The van der Waals surface area contributed by atoms with Gasteiger partial charge in [0.05, 0.1) is 0 Å². The van der Waals surface area contributed by atoms with E-state index in [2.05, 4.69) is 3.63 Å². The number of Topliss-reactive ketones (excluding diaryl/α,β-unsaturated/α-hetero) is 1. The smallest absolute Gasteiger partial charge is 0.294 e. The van der Waals surface area contributed by atoms with Crippen molar-refractivity contribution in [1.29, 1.82) is 0 Å². The van der Waals surface area contributed by atoms with Crippen LogP contribution in [0.25, 0.3) is 0 Å². The van der Waals surface area contributed by atoms with Crippen molar-refractivity contribution in [2.45, 2.75) is 40.1 Å². The molecule has 0 aliphatic rings. The number of alkyl halides is 3. The van der Waals surface area contributed by atoms with Crippen molar-refractivity contribution in [3.8, 4) is 0 Å². The molecule has 0 saturated carbocycles. The van der Waals surface area contributed by atoms with Crippen molar-refractivity contribution in [1.82, 2.24) is 0 Å². The molecule has 0 bridgehead atoms. The summed E-state index contributed by atoms with van der Waals surface area (Å²) in [4.78, 5) is 11.6. The minimum Gasteiger partial charge on any atom is -0.294 e. The number of carbonyl (C=O) groups is 1. The second-order valence-corrected chi connectivity index (χ2v) is 9.25. The average Bonchev–Trinajstić information content (AvgIpc) is 2.11. The van der Waals surface area contributed by atoms with E-state index < -0.39 is 32.2 Å². The maximum atomic E-state index is 12.3. The summed E-state index contributed by atoms with van der Waals surface area (Å²) in [5.74, 6) is -0.984. The first-order chi connectivity index (χ1) is 8.66. The molecule has 120 valence electrons. The number of rotatable bonds is 6. The van der Waals surface area contributed by atoms with Gasteiger partial charge in [-0.3, -0.25) is 4.79 Å². The van der Waals surface area contributed by atoms with Gasteiger partial charge >= 0.3 is 15.6 Å². The standard InChI is InChI=1S/C11H20F3O4S2/c1-8(2)9(15)6-19(7-10(3,4)5)18-20(16,17)11(12,13)14/h8H,6-7H2,1-5H3/q+1. The van der Waals surface area contributed by atoms with Crippen molar-refractivity contribution in [2.75, 3.05) is 11.5 Å². The molecule has 9 heteroatoms. The molecule has 0 aliphatic heterocycles. The molecule has 0 fully saturated rings. The highest BCUT2D eigenvalue weighted by Gasteiger charge is 2.53. The van der Waals surface area contributed by atoms with Crippen molar-refractivity contribution in [3.05, 3.63) is 0 Å². The highest BCUT2D eigenvalue weighted by Crippen LogP contribution is 2.29. The normalized spacial score (nSPS) is 15.4. The Balaban J connectivity index is 5.11. The summed E-state index contributed by atoms with van der Waals surface area (Å²) in [6, 6.07) is 0. The van der Waals surface area contributed by atoms with Gasteiger partial charge in [-0.1, -0.05) is 34.6 Å². The fourth-order valence-corrected chi connectivity index (χ4v) is 4.50. The van der Waals surface area contributed by atoms with Crippen LogP contribution in [0.2, 0.25) is 0 Å². The predicted molar refractivity (Wildman–Crippen MR) is 72.5 cm³/mol. The van der Waals surface area contributed by atoms with Crippen molar-refractivity contribution < 1.29 is 30.0 Å². The summed E-state index contributed by atoms with van der Waals surface area (Å²) in [5, 5.41) is 0. The van der Waals surface area contributed by atoms with Crippen LogP contribution in [0.4, 0.5) is 13.2 Å². The van der Waals surface area contributed by atoms with Gasteiger partial charge in [0.25, 0.3) is 0 Å². The first-order valence-corrected chi connectivity index (χ1v) is 8.77. The lowest BCUT2D eigenvalue weighted by atomic mass is 10.0. The van der Waals surface area contributed by atoms with Gasteiger partial charge in [-0.2, -0.15) is 21.6 Å². The fraction of sp³-hybridized carbons (Fsp3) is 0.909. The number of hydrogen-bond donors (Lipinski definition) is 0. The average molecular weight is 337 g/mol. The Kier molecular flexibility index (Phi) is 6.56. The van der Waals surface area contributed by atoms with Gasteiger partial charge in [0.15, 0.2) is 17.0 Å². The van der Waals surface area contributed by atoms with Gasteiger partial charge in [-0.25, -0.2) is 0 Å². The molecular weight excluding hydrogens is 317 g/mol. The molecule has 4 nitrogen and oxygen atoms in total. The Bertz CT molecular complexity index is 436. The molecule has 1 unspecified atom stereocenters. The lowest BCUT2D eigenvalue weighted by Crippen LogP contribution is -2.36. The van der Waals surface area contributed by atoms with Gasteiger partial charge in [0.2, 0.25) is 5.75 Å². The van der Waals surface area contributed by atoms with E-state index in [-0.39, 0.29) is 23.2 Å². The summed E-state index contributed by atoms with van der Waals surface area (Å²) in [5.41, 5.74) is -5.93. The van der Waals surface area contributed by atoms with Crippen LogP contribution < -0.4 is 0 Å². The van der Waals surface area contributed by atoms with Crippen LogP contribution in [-0.4, -0.2) is 31.2 Å². The zero-order chi connectivity index (χ0) is 16.4. The monoisotopic (exact) mass is 337 g/mol. The Hall–Kier alpha value is -0.280.